The topological polar surface area (TPSA) is 23.8 Å². The Balaban J connectivity index is 3.83. The second-order valence-electron chi connectivity index (χ2n) is 3.91. The standard InChI is InChI=1S/C12H19N/c1-5-12(4,10-13)9-7-6-8-11(2)3/h5,8H,1,6-7,9H2,2-4H3. The zero-order valence-electron chi connectivity index (χ0n) is 8.93. The van der Waals surface area contributed by atoms with E-state index in [0.717, 1.165) is 19.3 Å². The van der Waals surface area contributed by atoms with Crippen LogP contribution in [0.4, 0.5) is 0 Å². The second kappa shape index (κ2) is 5.59. The van der Waals surface area contributed by atoms with E-state index in [1.165, 1.54) is 5.57 Å². The molecule has 1 heteroatoms. The highest BCUT2D eigenvalue weighted by atomic mass is 14.3. The van der Waals surface area contributed by atoms with Crippen LogP contribution in [0.3, 0.4) is 0 Å². The zero-order valence-corrected chi connectivity index (χ0v) is 8.93. The minimum absolute atomic E-state index is 0.338. The summed E-state index contributed by atoms with van der Waals surface area (Å²) in [6, 6.07) is 2.28. The van der Waals surface area contributed by atoms with Crippen molar-refractivity contribution in [2.45, 2.75) is 40.0 Å². The van der Waals surface area contributed by atoms with Gasteiger partial charge in [-0.25, -0.2) is 0 Å². The molecule has 0 aromatic carbocycles. The van der Waals surface area contributed by atoms with E-state index < -0.39 is 0 Å². The van der Waals surface area contributed by atoms with Crippen molar-refractivity contribution in [2.75, 3.05) is 0 Å². The predicted molar refractivity (Wildman–Crippen MR) is 57.2 cm³/mol. The number of hydrogen-bond acceptors (Lipinski definition) is 1. The van der Waals surface area contributed by atoms with E-state index in [4.69, 9.17) is 5.26 Å². The van der Waals surface area contributed by atoms with Crippen molar-refractivity contribution in [3.05, 3.63) is 24.3 Å². The normalized spacial score (nSPS) is 14.0. The summed E-state index contributed by atoms with van der Waals surface area (Å²) in [4.78, 5) is 0. The maximum absolute atomic E-state index is 8.86. The number of unbranched alkanes of at least 4 members (excludes halogenated alkanes) is 1. The molecule has 1 unspecified atom stereocenters. The van der Waals surface area contributed by atoms with Crippen LogP contribution in [0.25, 0.3) is 0 Å². The van der Waals surface area contributed by atoms with Crippen LogP contribution in [0, 0.1) is 16.7 Å². The number of rotatable bonds is 5. The second-order valence-corrected chi connectivity index (χ2v) is 3.91. The number of nitrogens with zero attached hydrogens (tertiary/aromatic N) is 1. The zero-order chi connectivity index (χ0) is 10.3. The average Bonchev–Trinajstić information content (AvgIpc) is 2.12. The van der Waals surface area contributed by atoms with E-state index in [9.17, 15) is 0 Å². The summed E-state index contributed by atoms with van der Waals surface area (Å²) >= 11 is 0. The fraction of sp³-hybridized carbons (Fsp3) is 0.583. The molecule has 0 aromatic rings. The van der Waals surface area contributed by atoms with Crippen LogP contribution < -0.4 is 0 Å². The highest BCUT2D eigenvalue weighted by molar-refractivity contribution is 5.07. The van der Waals surface area contributed by atoms with Gasteiger partial charge in [-0.15, -0.1) is 6.58 Å². The van der Waals surface area contributed by atoms with Gasteiger partial charge in [0.25, 0.3) is 0 Å². The highest BCUT2D eigenvalue weighted by Gasteiger charge is 2.17. The fourth-order valence-corrected chi connectivity index (χ4v) is 1.06. The van der Waals surface area contributed by atoms with Crippen molar-refractivity contribution in [1.82, 2.24) is 0 Å². The van der Waals surface area contributed by atoms with Gasteiger partial charge in [0.1, 0.15) is 0 Å². The van der Waals surface area contributed by atoms with Gasteiger partial charge >= 0.3 is 0 Å². The number of allylic oxidation sites excluding steroid dienone is 3. The van der Waals surface area contributed by atoms with Crippen molar-refractivity contribution >= 4 is 0 Å². The van der Waals surface area contributed by atoms with Crippen LogP contribution in [0.2, 0.25) is 0 Å². The molecule has 0 bridgehead atoms. The Hall–Kier alpha value is -1.03. The molecule has 0 fully saturated rings. The van der Waals surface area contributed by atoms with Crippen molar-refractivity contribution in [3.63, 3.8) is 0 Å². The number of nitriles is 1. The van der Waals surface area contributed by atoms with Gasteiger partial charge in [-0.05, 0) is 40.0 Å². The van der Waals surface area contributed by atoms with Gasteiger partial charge in [-0.3, -0.25) is 0 Å². The molecule has 0 saturated heterocycles. The molecule has 0 rings (SSSR count). The Morgan fingerprint density at radius 1 is 1.54 bits per heavy atom. The molecule has 0 heterocycles. The smallest absolute Gasteiger partial charge is 0.0728 e. The van der Waals surface area contributed by atoms with Gasteiger partial charge in [0, 0.05) is 0 Å². The Bertz CT molecular complexity index is 228. The van der Waals surface area contributed by atoms with E-state index >= 15 is 0 Å². The van der Waals surface area contributed by atoms with Gasteiger partial charge in [0.15, 0.2) is 0 Å². The van der Waals surface area contributed by atoms with Gasteiger partial charge < -0.3 is 0 Å². The summed E-state index contributed by atoms with van der Waals surface area (Å²) in [7, 11) is 0. The Labute approximate surface area is 81.8 Å². The maximum atomic E-state index is 8.86. The quantitative estimate of drug-likeness (QED) is 0.462. The summed E-state index contributed by atoms with van der Waals surface area (Å²) < 4.78 is 0. The van der Waals surface area contributed by atoms with E-state index in [1.807, 2.05) is 6.92 Å². The van der Waals surface area contributed by atoms with Crippen molar-refractivity contribution < 1.29 is 0 Å². The van der Waals surface area contributed by atoms with Crippen molar-refractivity contribution in [2.24, 2.45) is 5.41 Å². The summed E-state index contributed by atoms with van der Waals surface area (Å²) in [6.07, 6.45) is 6.97. The first-order chi connectivity index (χ1) is 6.04. The van der Waals surface area contributed by atoms with E-state index in [1.54, 1.807) is 6.08 Å². The molecule has 0 aromatic heterocycles. The minimum atomic E-state index is -0.338. The molecule has 0 radical (unpaired) electrons. The molecule has 0 aliphatic rings. The SMILES string of the molecule is C=CC(C)(C#N)CCCC=C(C)C. The third-order valence-electron chi connectivity index (χ3n) is 2.16. The van der Waals surface area contributed by atoms with Gasteiger partial charge in [-0.2, -0.15) is 5.26 Å². The molecule has 13 heavy (non-hydrogen) atoms. The third-order valence-corrected chi connectivity index (χ3v) is 2.16. The van der Waals surface area contributed by atoms with Crippen LogP contribution in [0.5, 0.6) is 0 Å². The molecule has 72 valence electrons. The minimum Gasteiger partial charge on any atom is -0.197 e. The molecule has 0 aliphatic carbocycles. The first kappa shape index (κ1) is 12.0. The summed E-state index contributed by atoms with van der Waals surface area (Å²) in [6.45, 7) is 9.80. The summed E-state index contributed by atoms with van der Waals surface area (Å²) in [5.74, 6) is 0. The Kier molecular flexibility index (Phi) is 5.14. The molecule has 1 nitrogen and oxygen atoms in total. The molecule has 0 saturated carbocycles. The lowest BCUT2D eigenvalue weighted by Crippen LogP contribution is -2.08. The average molecular weight is 177 g/mol. The van der Waals surface area contributed by atoms with Gasteiger partial charge in [0.05, 0.1) is 11.5 Å². The molecular weight excluding hydrogens is 158 g/mol. The Morgan fingerprint density at radius 3 is 2.54 bits per heavy atom. The maximum Gasteiger partial charge on any atom is 0.0728 e. The van der Waals surface area contributed by atoms with Crippen LogP contribution in [-0.2, 0) is 0 Å². The van der Waals surface area contributed by atoms with Gasteiger partial charge in [-0.1, -0.05) is 17.7 Å². The fourth-order valence-electron chi connectivity index (χ4n) is 1.06. The lowest BCUT2D eigenvalue weighted by molar-refractivity contribution is 0.495. The molecule has 0 aliphatic heterocycles. The van der Waals surface area contributed by atoms with Crippen molar-refractivity contribution in [3.8, 4) is 6.07 Å². The summed E-state index contributed by atoms with van der Waals surface area (Å²) in [5.41, 5.74) is 1.01. The predicted octanol–water partition coefficient (Wildman–Crippen LogP) is 3.84. The lowest BCUT2D eigenvalue weighted by atomic mass is 9.87. The van der Waals surface area contributed by atoms with E-state index in [-0.39, 0.29) is 5.41 Å². The van der Waals surface area contributed by atoms with E-state index in [0.29, 0.717) is 0 Å². The molecule has 1 atom stereocenters. The van der Waals surface area contributed by atoms with Crippen LogP contribution in [0.15, 0.2) is 24.3 Å². The van der Waals surface area contributed by atoms with Crippen LogP contribution >= 0.6 is 0 Å². The first-order valence-corrected chi connectivity index (χ1v) is 4.72. The Morgan fingerprint density at radius 2 is 2.15 bits per heavy atom. The molecular formula is C12H19N. The summed E-state index contributed by atoms with van der Waals surface area (Å²) in [5, 5.41) is 8.86. The van der Waals surface area contributed by atoms with Gasteiger partial charge in [0.2, 0.25) is 0 Å². The lowest BCUT2D eigenvalue weighted by Gasteiger charge is -2.14. The number of hydrogen-bond donors (Lipinski definition) is 0. The van der Waals surface area contributed by atoms with E-state index in [2.05, 4.69) is 32.6 Å². The third kappa shape index (κ3) is 5.25. The molecule has 0 N–H and O–H groups in total. The largest absolute Gasteiger partial charge is 0.197 e. The molecule has 0 amide bonds. The van der Waals surface area contributed by atoms with Crippen molar-refractivity contribution in [1.29, 1.82) is 5.26 Å². The van der Waals surface area contributed by atoms with Crippen LogP contribution in [0.1, 0.15) is 40.0 Å². The first-order valence-electron chi connectivity index (χ1n) is 4.72. The molecule has 0 spiro atoms. The van der Waals surface area contributed by atoms with Crippen LogP contribution in [-0.4, -0.2) is 0 Å². The highest BCUT2D eigenvalue weighted by Crippen LogP contribution is 2.24. The monoisotopic (exact) mass is 177 g/mol.